The van der Waals surface area contributed by atoms with Crippen molar-refractivity contribution in [3.05, 3.63) is 154 Å². The molecule has 2 aliphatic rings. The average Bonchev–Trinajstić information content (AvgIpc) is 1.21. The van der Waals surface area contributed by atoms with Crippen molar-refractivity contribution in [2.24, 2.45) is 0 Å². The van der Waals surface area contributed by atoms with E-state index in [2.05, 4.69) is 21.6 Å². The monoisotopic (exact) mass is 1910 g/mol. The predicted molar refractivity (Wildman–Crippen MR) is 532 cm³/mol. The number of rotatable bonds is 61. The second-order valence-electron chi connectivity index (χ2n) is 32.4. The van der Waals surface area contributed by atoms with Gasteiger partial charge in [0.05, 0.1) is 144 Å². The Morgan fingerprint density at radius 2 is 0.642 bits per heavy atom. The first kappa shape index (κ1) is 137. The van der Waals surface area contributed by atoms with E-state index in [-0.39, 0.29) is 79.3 Å². The third-order valence-electron chi connectivity index (χ3n) is 19.9. The smallest absolute Gasteiger partial charge is 0.184 e. The molecule has 2 fully saturated rings. The highest BCUT2D eigenvalue weighted by Crippen LogP contribution is 2.31. The minimum absolute atomic E-state index is 0.00986. The molecule has 134 heavy (non-hydrogen) atoms. The van der Waals surface area contributed by atoms with Crippen LogP contribution in [-0.2, 0) is 54.8 Å². The molecule has 2 saturated heterocycles. The molecule has 0 amide bonds. The second-order valence-corrected chi connectivity index (χ2v) is 32.4. The molecule has 2 heterocycles. The number of unbranched alkanes of at least 4 members (excludes halogenated alkanes) is 24. The lowest BCUT2D eigenvalue weighted by atomic mass is 9.96. The Kier molecular flexibility index (Phi) is 112. The standard InChI is InChI=1S/C16H34O2.C14H14O2.C11H14O4.C10H18O2.C9H20O2.C8H18N2O2.C8H18O5.C8H10O2.C8H18O2.C6H14O3.C6H10O2/c17-15-13-11-9-7-5-3-1-2-4-6-8-10-12-14-16-18;15-9-11-5-1-3-7-13(11)14-8-4-2-6-12(14)10-16;12-6-9-10(7-13)15-11(14-9)8-4-2-1-3-5-8;1-9(6-7-11)4-3-5-10(2)8-12;10-8-6-4-2-1-3-5-7-9-11;11-7-5-9-1-2-10(4-3-9)6-8-12;9-1-3-11-5-7-13-8-6-12-4-2-10;9-5-7-1-2-8(6-10)4-3-7;9-7-5-3-1-2-4-6-8-10;1-5(7)3-9-4-6(2)8;1-5(7)3-4-6(2)8/h17-18H,1-16H2;1-8,15-16H,9-10H2;1-5,9-13H,6-7H2;5-6,11-12H,3-4,7-8H2,1-2H3;10-11H,1-9H2;11-12H,1-8H2;9-10H,1-8H2;1-4,9-10H,5-6H2;9-10H,1-8H2;5-8H,3-4H2,1-2H3;5-8H,1-2H3/b;;;9-6+,10-5+;;;;;;;/t;;9-,10-;;;;;;;;/m..0......../s1. The number of piperazine rings is 1. The van der Waals surface area contributed by atoms with Crippen LogP contribution in [0.4, 0.5) is 0 Å². The summed E-state index contributed by atoms with van der Waals surface area (Å²) < 4.78 is 30.8. The fourth-order valence-corrected chi connectivity index (χ4v) is 12.3. The number of hydrogen-bond acceptors (Lipinski definition) is 30. The maximum atomic E-state index is 9.28. The van der Waals surface area contributed by atoms with E-state index in [4.69, 9.17) is 131 Å². The normalized spacial score (nSPS) is 14.4. The molecule has 22 N–H and O–H groups in total. The Bertz CT molecular complexity index is 2930. The molecule has 6 rings (SSSR count). The predicted octanol–water partition coefficient (Wildman–Crippen LogP) is 9.68. The maximum absolute atomic E-state index is 9.28. The Morgan fingerprint density at radius 1 is 0.343 bits per heavy atom. The molecule has 30 nitrogen and oxygen atoms in total. The van der Waals surface area contributed by atoms with Crippen LogP contribution >= 0.6 is 0 Å². The lowest BCUT2D eigenvalue weighted by molar-refractivity contribution is -0.0770. The van der Waals surface area contributed by atoms with E-state index < -0.39 is 42.9 Å². The van der Waals surface area contributed by atoms with Crippen molar-refractivity contribution in [2.75, 3.05) is 185 Å². The molecule has 4 aromatic rings. The van der Waals surface area contributed by atoms with Crippen molar-refractivity contribution in [3.8, 4) is 23.0 Å². The summed E-state index contributed by atoms with van der Waals surface area (Å²) in [6.45, 7) is 21.9. The van der Waals surface area contributed by atoms with Gasteiger partial charge in [0.25, 0.3) is 0 Å². The van der Waals surface area contributed by atoms with Gasteiger partial charge in [-0.05, 0) is 126 Å². The van der Waals surface area contributed by atoms with Crippen molar-refractivity contribution in [3.63, 3.8) is 0 Å². The van der Waals surface area contributed by atoms with Crippen LogP contribution in [0.2, 0.25) is 0 Å². The Hall–Kier alpha value is -5.28. The van der Waals surface area contributed by atoms with Gasteiger partial charge in [-0.15, -0.1) is 0 Å². The minimum atomic E-state index is -0.635. The van der Waals surface area contributed by atoms with E-state index in [1.165, 1.54) is 115 Å². The summed E-state index contributed by atoms with van der Waals surface area (Å²) in [6, 6.07) is 32.0. The van der Waals surface area contributed by atoms with Crippen LogP contribution in [0.3, 0.4) is 0 Å². The molecular weight excluding hydrogens is 1730 g/mol. The molecule has 4 aromatic carbocycles. The van der Waals surface area contributed by atoms with Gasteiger partial charge in [0, 0.05) is 84.5 Å². The summed E-state index contributed by atoms with van der Waals surface area (Å²) in [5.74, 6) is 4.80. The number of β-amino-alcohol motifs (C(OH)–C–C–N with tert-alkyl or cyclic N) is 2. The van der Waals surface area contributed by atoms with E-state index in [0.717, 1.165) is 161 Å². The van der Waals surface area contributed by atoms with Crippen molar-refractivity contribution >= 4 is 0 Å². The second kappa shape index (κ2) is 110. The third-order valence-corrected chi connectivity index (χ3v) is 19.9. The lowest BCUT2D eigenvalue weighted by Crippen LogP contribution is -2.47. The van der Waals surface area contributed by atoms with Crippen molar-refractivity contribution in [2.45, 2.75) is 297 Å². The van der Waals surface area contributed by atoms with Gasteiger partial charge in [-0.25, -0.2) is 0 Å². The van der Waals surface area contributed by atoms with Gasteiger partial charge in [-0.2, -0.15) is 0 Å². The summed E-state index contributed by atoms with van der Waals surface area (Å²) in [7, 11) is 0. The molecule has 4 unspecified atom stereocenters. The molecule has 0 aromatic heterocycles. The highest BCUT2D eigenvalue weighted by atomic mass is 16.7. The number of allylic oxidation sites excluding steroid dienone is 2. The zero-order chi connectivity index (χ0) is 101. The number of aliphatic hydroxyl groups is 22. The van der Waals surface area contributed by atoms with E-state index >= 15 is 0 Å². The summed E-state index contributed by atoms with van der Waals surface area (Å²) >= 11 is 0. The van der Waals surface area contributed by atoms with E-state index in [0.29, 0.717) is 92.5 Å². The quantitative estimate of drug-likeness (QED) is 0.0111. The van der Waals surface area contributed by atoms with E-state index in [1.54, 1.807) is 52.0 Å². The van der Waals surface area contributed by atoms with Crippen LogP contribution in [-0.4, -0.2) is 343 Å². The SMILES string of the molecule is C/C(=C\CC/C(C)=C/CO)CO.CC(O)C#CC(C)O.CC(O)COCC(C)O.OCCCCCCCCCCCCCCCCO.OCCCCCCCCCO.OCCCCCCCCO.OCCN1CCN(CCO)CC1.OCCOCCOCCOCCO.OC[C@@H]1OC(c2ccccc2)O[C@H]1CO.OCc1ccc(CO)cc1.OCc1ccccc1-c1ccccc1CO. The number of ether oxygens (including phenoxy) is 6. The zero-order valence-corrected chi connectivity index (χ0v) is 82.8. The minimum Gasteiger partial charge on any atom is -0.396 e. The van der Waals surface area contributed by atoms with Crippen LogP contribution in [0.5, 0.6) is 0 Å². The van der Waals surface area contributed by atoms with Gasteiger partial charge in [0.15, 0.2) is 6.29 Å². The number of nitrogens with zero attached hydrogens (tertiary/aromatic N) is 2. The molecule has 0 saturated carbocycles. The molecule has 0 radical (unpaired) electrons. The van der Waals surface area contributed by atoms with E-state index in [1.807, 2.05) is 105 Å². The van der Waals surface area contributed by atoms with Crippen LogP contribution in [0.15, 0.2) is 126 Å². The van der Waals surface area contributed by atoms with Gasteiger partial charge in [0.2, 0.25) is 0 Å². The molecular formula is C104H188N2O28. The zero-order valence-electron chi connectivity index (χ0n) is 82.8. The molecule has 0 bridgehead atoms. The van der Waals surface area contributed by atoms with Gasteiger partial charge in [0.1, 0.15) is 24.4 Å². The lowest BCUT2D eigenvalue weighted by Gasteiger charge is -2.33. The largest absolute Gasteiger partial charge is 0.396 e. The van der Waals surface area contributed by atoms with Crippen LogP contribution in [0.1, 0.15) is 262 Å². The van der Waals surface area contributed by atoms with Crippen molar-refractivity contribution in [1.82, 2.24) is 9.80 Å². The van der Waals surface area contributed by atoms with Crippen LogP contribution in [0.25, 0.3) is 11.1 Å². The van der Waals surface area contributed by atoms with E-state index in [9.17, 15) is 10.2 Å². The molecule has 0 spiro atoms. The molecule has 30 heteroatoms. The highest BCUT2D eigenvalue weighted by molar-refractivity contribution is 5.70. The van der Waals surface area contributed by atoms with Crippen molar-refractivity contribution < 1.29 is 141 Å². The topological polar surface area (TPSA) is 507 Å². The average molecular weight is 1910 g/mol. The van der Waals surface area contributed by atoms with Crippen molar-refractivity contribution in [1.29, 1.82) is 0 Å². The Balaban J connectivity index is -0.000000459. The fourth-order valence-electron chi connectivity index (χ4n) is 12.3. The molecule has 2 aliphatic heterocycles. The van der Waals surface area contributed by atoms with Gasteiger partial charge in [-0.3, -0.25) is 9.80 Å². The fraction of sp³-hybridized carbons (Fsp3) is 0.712. The number of benzene rings is 4. The maximum Gasteiger partial charge on any atom is 0.184 e. The summed E-state index contributed by atoms with van der Waals surface area (Å²) in [6.07, 6.45) is 34.6. The Morgan fingerprint density at radius 3 is 0.896 bits per heavy atom. The first-order valence-electron chi connectivity index (χ1n) is 48.9. The highest BCUT2D eigenvalue weighted by Gasteiger charge is 2.36. The Labute approximate surface area is 805 Å². The first-order chi connectivity index (χ1) is 65.0. The number of hydrogen-bond donors (Lipinski definition) is 22. The molecule has 0 aliphatic carbocycles. The number of aliphatic hydroxyl groups excluding tert-OH is 22. The molecule has 782 valence electrons. The summed E-state index contributed by atoms with van der Waals surface area (Å²) in [4.78, 5) is 4.49. The summed E-state index contributed by atoms with van der Waals surface area (Å²) in [5, 5.41) is 191. The van der Waals surface area contributed by atoms with Gasteiger partial charge in [-0.1, -0.05) is 273 Å². The van der Waals surface area contributed by atoms with Crippen LogP contribution in [0, 0.1) is 11.8 Å². The van der Waals surface area contributed by atoms with Gasteiger partial charge < -0.3 is 141 Å². The summed E-state index contributed by atoms with van der Waals surface area (Å²) in [5.41, 5.74) is 8.56. The van der Waals surface area contributed by atoms with Gasteiger partial charge >= 0.3 is 0 Å². The third kappa shape index (κ3) is 95.6. The van der Waals surface area contributed by atoms with Crippen LogP contribution < -0.4 is 0 Å². The first-order valence-corrected chi connectivity index (χ1v) is 48.9. The molecule has 6 atom stereocenters.